The number of thioether (sulfide) groups is 1. The van der Waals surface area contributed by atoms with Gasteiger partial charge in [0.25, 0.3) is 0 Å². The zero-order valence-corrected chi connectivity index (χ0v) is 18.6. The second-order valence-corrected chi connectivity index (χ2v) is 8.26. The summed E-state index contributed by atoms with van der Waals surface area (Å²) < 4.78 is 1.98. The second kappa shape index (κ2) is 9.62. The number of aromatic nitrogens is 3. The quantitative estimate of drug-likeness (QED) is 0.315. The van der Waals surface area contributed by atoms with Gasteiger partial charge in [-0.3, -0.25) is 14.2 Å². The average Bonchev–Trinajstić information content (AvgIpc) is 3.22. The van der Waals surface area contributed by atoms with Gasteiger partial charge >= 0.3 is 0 Å². The molecule has 0 saturated heterocycles. The minimum Gasteiger partial charge on any atom is -0.326 e. The Kier molecular flexibility index (Phi) is 6.47. The molecule has 4 aromatic rings. The van der Waals surface area contributed by atoms with Crippen molar-refractivity contribution < 1.29 is 9.59 Å². The number of hydrogen-bond donors (Lipinski definition) is 1. The van der Waals surface area contributed by atoms with Crippen molar-refractivity contribution in [3.63, 3.8) is 0 Å². The lowest BCUT2D eigenvalue weighted by atomic mass is 10.1. The van der Waals surface area contributed by atoms with Crippen LogP contribution in [0.15, 0.2) is 84.0 Å². The van der Waals surface area contributed by atoms with Gasteiger partial charge < -0.3 is 5.32 Å². The Bertz CT molecular complexity index is 1230. The van der Waals surface area contributed by atoms with Crippen molar-refractivity contribution in [1.29, 1.82) is 0 Å². The molecule has 32 heavy (non-hydrogen) atoms. The summed E-state index contributed by atoms with van der Waals surface area (Å²) in [7, 11) is 0. The van der Waals surface area contributed by atoms with E-state index in [1.807, 2.05) is 66.1 Å². The summed E-state index contributed by atoms with van der Waals surface area (Å²) >= 11 is 1.35. The summed E-state index contributed by atoms with van der Waals surface area (Å²) in [5.74, 6) is 0.774. The van der Waals surface area contributed by atoms with Gasteiger partial charge in [0.15, 0.2) is 16.8 Å². The fourth-order valence-electron chi connectivity index (χ4n) is 3.22. The lowest BCUT2D eigenvalue weighted by Gasteiger charge is -2.11. The van der Waals surface area contributed by atoms with E-state index in [-0.39, 0.29) is 17.4 Å². The van der Waals surface area contributed by atoms with E-state index < -0.39 is 0 Å². The molecule has 0 aliphatic carbocycles. The van der Waals surface area contributed by atoms with Crippen molar-refractivity contribution in [3.05, 3.63) is 90.0 Å². The first-order chi connectivity index (χ1) is 15.5. The van der Waals surface area contributed by atoms with Crippen molar-refractivity contribution in [2.24, 2.45) is 0 Å². The third-order valence-corrected chi connectivity index (χ3v) is 5.75. The van der Waals surface area contributed by atoms with E-state index in [0.29, 0.717) is 16.4 Å². The topological polar surface area (TPSA) is 76.9 Å². The third-order valence-electron chi connectivity index (χ3n) is 4.82. The average molecular weight is 443 g/mol. The number of aryl methyl sites for hydroxylation is 1. The molecular formula is C25H22N4O2S. The van der Waals surface area contributed by atoms with Gasteiger partial charge in [-0.05, 0) is 43.3 Å². The summed E-state index contributed by atoms with van der Waals surface area (Å²) in [6.07, 6.45) is 0. The molecule has 0 atom stereocenters. The Hall–Kier alpha value is -3.71. The fourth-order valence-corrected chi connectivity index (χ4v) is 4.07. The number of hydrogen-bond acceptors (Lipinski definition) is 5. The number of nitrogens with one attached hydrogen (secondary N) is 1. The zero-order valence-electron chi connectivity index (χ0n) is 17.8. The largest absolute Gasteiger partial charge is 0.326 e. The van der Waals surface area contributed by atoms with E-state index in [1.54, 1.807) is 24.3 Å². The Balaban J connectivity index is 1.58. The SMILES string of the molecule is CC(=O)Nc1ccc(C(=O)CSc2nnc(-c3ccccc3)n2-c2ccc(C)cc2)cc1. The van der Waals surface area contributed by atoms with Crippen LogP contribution < -0.4 is 5.32 Å². The number of amides is 1. The van der Waals surface area contributed by atoms with Crippen LogP contribution in [-0.4, -0.2) is 32.2 Å². The number of carbonyl (C=O) groups excluding carboxylic acids is 2. The highest BCUT2D eigenvalue weighted by Gasteiger charge is 2.17. The zero-order chi connectivity index (χ0) is 22.5. The predicted molar refractivity (Wildman–Crippen MR) is 127 cm³/mol. The molecule has 0 saturated carbocycles. The summed E-state index contributed by atoms with van der Waals surface area (Å²) in [4.78, 5) is 23.9. The Labute approximate surface area is 190 Å². The molecule has 0 fully saturated rings. The van der Waals surface area contributed by atoms with Crippen LogP contribution in [0.25, 0.3) is 17.1 Å². The van der Waals surface area contributed by atoms with Crippen LogP contribution in [0.5, 0.6) is 0 Å². The van der Waals surface area contributed by atoms with E-state index in [2.05, 4.69) is 15.5 Å². The van der Waals surface area contributed by atoms with Crippen LogP contribution >= 0.6 is 11.8 Å². The molecule has 1 aromatic heterocycles. The maximum absolute atomic E-state index is 12.8. The van der Waals surface area contributed by atoms with Gasteiger partial charge in [0.2, 0.25) is 5.91 Å². The van der Waals surface area contributed by atoms with Crippen molar-refractivity contribution in [2.45, 2.75) is 19.0 Å². The second-order valence-electron chi connectivity index (χ2n) is 7.31. The molecule has 0 radical (unpaired) electrons. The molecule has 0 spiro atoms. The van der Waals surface area contributed by atoms with Gasteiger partial charge in [0, 0.05) is 29.4 Å². The van der Waals surface area contributed by atoms with Crippen LogP contribution in [0, 0.1) is 6.92 Å². The number of carbonyl (C=O) groups is 2. The minimum atomic E-state index is -0.149. The number of benzene rings is 3. The highest BCUT2D eigenvalue weighted by molar-refractivity contribution is 7.99. The number of rotatable bonds is 7. The first kappa shape index (κ1) is 21.5. The third kappa shape index (κ3) is 4.95. The summed E-state index contributed by atoms with van der Waals surface area (Å²) in [5, 5.41) is 12.1. The van der Waals surface area contributed by atoms with E-state index in [1.165, 1.54) is 18.7 Å². The summed E-state index contributed by atoms with van der Waals surface area (Å²) in [6, 6.07) is 24.9. The number of ketones is 1. The minimum absolute atomic E-state index is 0.0240. The van der Waals surface area contributed by atoms with Crippen molar-refractivity contribution >= 4 is 29.1 Å². The van der Waals surface area contributed by atoms with Gasteiger partial charge in [-0.2, -0.15) is 0 Å². The number of nitrogens with zero attached hydrogens (tertiary/aromatic N) is 3. The molecule has 6 nitrogen and oxygen atoms in total. The number of Topliss-reactive ketones (excluding diaryl/α,β-unsaturated/α-hetero) is 1. The predicted octanol–water partition coefficient (Wildman–Crippen LogP) is 5.18. The van der Waals surface area contributed by atoms with Gasteiger partial charge in [0.1, 0.15) is 0 Å². The van der Waals surface area contributed by atoms with Gasteiger partial charge in [-0.25, -0.2) is 0 Å². The Morgan fingerprint density at radius 3 is 2.25 bits per heavy atom. The maximum Gasteiger partial charge on any atom is 0.221 e. The molecular weight excluding hydrogens is 420 g/mol. The Morgan fingerprint density at radius 2 is 1.59 bits per heavy atom. The summed E-state index contributed by atoms with van der Waals surface area (Å²) in [5.41, 5.74) is 4.29. The molecule has 160 valence electrons. The first-order valence-electron chi connectivity index (χ1n) is 10.1. The fraction of sp³-hybridized carbons (Fsp3) is 0.120. The lowest BCUT2D eigenvalue weighted by Crippen LogP contribution is -2.07. The molecule has 1 heterocycles. The highest BCUT2D eigenvalue weighted by Crippen LogP contribution is 2.28. The van der Waals surface area contributed by atoms with E-state index in [4.69, 9.17) is 0 Å². The van der Waals surface area contributed by atoms with Crippen LogP contribution in [-0.2, 0) is 4.79 Å². The van der Waals surface area contributed by atoms with E-state index in [9.17, 15) is 9.59 Å². The monoisotopic (exact) mass is 442 g/mol. The molecule has 0 aliphatic heterocycles. The lowest BCUT2D eigenvalue weighted by molar-refractivity contribution is -0.114. The molecule has 1 N–H and O–H groups in total. The van der Waals surface area contributed by atoms with Crippen molar-refractivity contribution in [2.75, 3.05) is 11.1 Å². The van der Waals surface area contributed by atoms with Crippen LogP contribution in [0.1, 0.15) is 22.8 Å². The van der Waals surface area contributed by atoms with E-state index >= 15 is 0 Å². The van der Waals surface area contributed by atoms with Crippen molar-refractivity contribution in [3.8, 4) is 17.1 Å². The van der Waals surface area contributed by atoms with Crippen LogP contribution in [0.4, 0.5) is 5.69 Å². The van der Waals surface area contributed by atoms with Gasteiger partial charge in [0.05, 0.1) is 5.75 Å². The van der Waals surface area contributed by atoms with E-state index in [0.717, 1.165) is 22.6 Å². The standard InChI is InChI=1S/C25H22N4O2S/c1-17-8-14-22(15-9-17)29-24(20-6-4-3-5-7-20)27-28-25(29)32-16-23(31)19-10-12-21(13-11-19)26-18(2)30/h3-15H,16H2,1-2H3,(H,26,30). The smallest absolute Gasteiger partial charge is 0.221 e. The molecule has 1 amide bonds. The van der Waals surface area contributed by atoms with Gasteiger partial charge in [-0.1, -0.05) is 59.8 Å². The molecule has 7 heteroatoms. The Morgan fingerprint density at radius 1 is 0.906 bits per heavy atom. The van der Waals surface area contributed by atoms with Gasteiger partial charge in [-0.15, -0.1) is 10.2 Å². The highest BCUT2D eigenvalue weighted by atomic mass is 32.2. The molecule has 4 rings (SSSR count). The van der Waals surface area contributed by atoms with Crippen LogP contribution in [0.3, 0.4) is 0 Å². The van der Waals surface area contributed by atoms with Crippen molar-refractivity contribution in [1.82, 2.24) is 14.8 Å². The molecule has 0 bridgehead atoms. The normalized spacial score (nSPS) is 10.7. The molecule has 3 aromatic carbocycles. The maximum atomic E-state index is 12.8. The molecule has 0 unspecified atom stereocenters. The number of anilines is 1. The molecule has 0 aliphatic rings. The van der Waals surface area contributed by atoms with Crippen LogP contribution in [0.2, 0.25) is 0 Å². The first-order valence-corrected chi connectivity index (χ1v) is 11.1. The summed E-state index contributed by atoms with van der Waals surface area (Å²) in [6.45, 7) is 3.49.